The van der Waals surface area contributed by atoms with E-state index in [4.69, 9.17) is 9.47 Å². The summed E-state index contributed by atoms with van der Waals surface area (Å²) >= 11 is 0. The Morgan fingerprint density at radius 2 is 2.00 bits per heavy atom. The Morgan fingerprint density at radius 3 is 2.67 bits per heavy atom. The minimum absolute atomic E-state index is 0.256. The molecule has 0 spiro atoms. The summed E-state index contributed by atoms with van der Waals surface area (Å²) in [5, 5.41) is 0. The summed E-state index contributed by atoms with van der Waals surface area (Å²) in [6.45, 7) is 5.03. The van der Waals surface area contributed by atoms with E-state index in [-0.39, 0.29) is 5.78 Å². The van der Waals surface area contributed by atoms with Gasteiger partial charge in [-0.2, -0.15) is 0 Å². The van der Waals surface area contributed by atoms with E-state index in [0.717, 1.165) is 24.3 Å². The SMILES string of the molecule is CCC(CCC(C)=O)c1ccc2c(c1)OCCO2. The van der Waals surface area contributed by atoms with Crippen molar-refractivity contribution < 1.29 is 14.3 Å². The average molecular weight is 248 g/mol. The molecule has 1 aliphatic rings. The number of carbonyl (C=O) groups excluding carboxylic acids is 1. The number of fused-ring (bicyclic) bond motifs is 1. The molecule has 18 heavy (non-hydrogen) atoms. The van der Waals surface area contributed by atoms with E-state index in [1.807, 2.05) is 6.07 Å². The van der Waals surface area contributed by atoms with Gasteiger partial charge in [-0.05, 0) is 43.4 Å². The van der Waals surface area contributed by atoms with Gasteiger partial charge < -0.3 is 14.3 Å². The lowest BCUT2D eigenvalue weighted by Crippen LogP contribution is -2.15. The maximum Gasteiger partial charge on any atom is 0.161 e. The summed E-state index contributed by atoms with van der Waals surface area (Å²) in [6.07, 6.45) is 2.59. The van der Waals surface area contributed by atoms with E-state index in [1.54, 1.807) is 6.92 Å². The van der Waals surface area contributed by atoms with Crippen LogP contribution in [0.25, 0.3) is 0 Å². The highest BCUT2D eigenvalue weighted by atomic mass is 16.6. The Balaban J connectivity index is 2.12. The Bertz CT molecular complexity index is 426. The van der Waals surface area contributed by atoms with Gasteiger partial charge >= 0.3 is 0 Å². The van der Waals surface area contributed by atoms with Gasteiger partial charge in [-0.15, -0.1) is 0 Å². The van der Waals surface area contributed by atoms with Crippen molar-refractivity contribution in [1.29, 1.82) is 0 Å². The molecule has 1 aliphatic heterocycles. The molecular formula is C15H20O3. The van der Waals surface area contributed by atoms with Crippen molar-refractivity contribution in [3.8, 4) is 11.5 Å². The summed E-state index contributed by atoms with van der Waals surface area (Å²) in [4.78, 5) is 11.1. The normalized spacial score (nSPS) is 15.2. The van der Waals surface area contributed by atoms with Crippen LogP contribution in [0.3, 0.4) is 0 Å². The number of hydrogen-bond donors (Lipinski definition) is 0. The molecule has 1 aromatic carbocycles. The van der Waals surface area contributed by atoms with Crippen LogP contribution >= 0.6 is 0 Å². The Morgan fingerprint density at radius 1 is 1.28 bits per heavy atom. The molecule has 1 heterocycles. The average Bonchev–Trinajstić information content (AvgIpc) is 2.39. The van der Waals surface area contributed by atoms with Crippen LogP contribution in [-0.2, 0) is 4.79 Å². The zero-order valence-corrected chi connectivity index (χ0v) is 11.1. The van der Waals surface area contributed by atoms with Gasteiger partial charge in [0.1, 0.15) is 19.0 Å². The molecule has 1 aromatic rings. The number of hydrogen-bond acceptors (Lipinski definition) is 3. The van der Waals surface area contributed by atoms with Crippen LogP contribution in [0.4, 0.5) is 0 Å². The highest BCUT2D eigenvalue weighted by Gasteiger charge is 2.16. The minimum Gasteiger partial charge on any atom is -0.486 e. The van der Waals surface area contributed by atoms with E-state index in [9.17, 15) is 4.79 Å². The van der Waals surface area contributed by atoms with Crippen molar-refractivity contribution >= 4 is 5.78 Å². The Labute approximate surface area is 108 Å². The molecule has 3 heteroatoms. The molecular weight excluding hydrogens is 228 g/mol. The molecule has 0 saturated heterocycles. The number of ether oxygens (including phenoxy) is 2. The third kappa shape index (κ3) is 3.03. The van der Waals surface area contributed by atoms with Crippen LogP contribution in [0.2, 0.25) is 0 Å². The lowest BCUT2D eigenvalue weighted by atomic mass is 9.91. The number of Topliss-reactive ketones (excluding diaryl/α,β-unsaturated/α-hetero) is 1. The molecule has 0 saturated carbocycles. The smallest absolute Gasteiger partial charge is 0.161 e. The van der Waals surface area contributed by atoms with Crippen molar-refractivity contribution in [3.05, 3.63) is 23.8 Å². The van der Waals surface area contributed by atoms with Crippen molar-refractivity contribution in [1.82, 2.24) is 0 Å². The molecule has 98 valence electrons. The van der Waals surface area contributed by atoms with E-state index >= 15 is 0 Å². The third-order valence-corrected chi connectivity index (χ3v) is 3.38. The van der Waals surface area contributed by atoms with Gasteiger partial charge in [0.05, 0.1) is 0 Å². The maximum absolute atomic E-state index is 11.1. The molecule has 0 fully saturated rings. The zero-order valence-electron chi connectivity index (χ0n) is 11.1. The maximum atomic E-state index is 11.1. The van der Waals surface area contributed by atoms with Crippen molar-refractivity contribution in [3.63, 3.8) is 0 Å². The van der Waals surface area contributed by atoms with E-state index in [0.29, 0.717) is 25.6 Å². The highest BCUT2D eigenvalue weighted by Crippen LogP contribution is 2.35. The molecule has 0 bridgehead atoms. The van der Waals surface area contributed by atoms with Crippen LogP contribution in [0, 0.1) is 0 Å². The third-order valence-electron chi connectivity index (χ3n) is 3.38. The molecule has 1 unspecified atom stereocenters. The fourth-order valence-electron chi connectivity index (χ4n) is 2.30. The first kappa shape index (κ1) is 12.9. The van der Waals surface area contributed by atoms with E-state index < -0.39 is 0 Å². The second-order valence-corrected chi connectivity index (χ2v) is 4.75. The molecule has 1 atom stereocenters. The molecule has 0 amide bonds. The molecule has 0 radical (unpaired) electrons. The highest BCUT2D eigenvalue weighted by molar-refractivity contribution is 5.75. The standard InChI is InChI=1S/C15H20O3/c1-3-12(5-4-11(2)16)13-6-7-14-15(10-13)18-9-8-17-14/h6-7,10,12H,3-5,8-9H2,1-2H3. The van der Waals surface area contributed by atoms with Gasteiger partial charge in [0.2, 0.25) is 0 Å². The number of ketones is 1. The fourth-order valence-corrected chi connectivity index (χ4v) is 2.30. The summed E-state index contributed by atoms with van der Waals surface area (Å²) < 4.78 is 11.1. The lowest BCUT2D eigenvalue weighted by Gasteiger charge is -2.21. The quantitative estimate of drug-likeness (QED) is 0.802. The molecule has 3 nitrogen and oxygen atoms in total. The largest absolute Gasteiger partial charge is 0.486 e. The van der Waals surface area contributed by atoms with Crippen LogP contribution in [0.1, 0.15) is 44.6 Å². The first-order valence-corrected chi connectivity index (χ1v) is 6.59. The molecule has 0 aliphatic carbocycles. The summed E-state index contributed by atoms with van der Waals surface area (Å²) in [5.41, 5.74) is 1.24. The van der Waals surface area contributed by atoms with Crippen molar-refractivity contribution in [2.24, 2.45) is 0 Å². The Hall–Kier alpha value is -1.51. The zero-order chi connectivity index (χ0) is 13.0. The Kier molecular flexibility index (Phi) is 4.24. The lowest BCUT2D eigenvalue weighted by molar-refractivity contribution is -0.117. The molecule has 0 aromatic heterocycles. The predicted octanol–water partition coefficient (Wildman–Crippen LogP) is 3.32. The summed E-state index contributed by atoms with van der Waals surface area (Å²) in [5.74, 6) is 2.34. The van der Waals surface area contributed by atoms with Gasteiger partial charge in [-0.1, -0.05) is 13.0 Å². The van der Waals surface area contributed by atoms with Gasteiger partial charge in [-0.25, -0.2) is 0 Å². The second kappa shape index (κ2) is 5.89. The van der Waals surface area contributed by atoms with Gasteiger partial charge in [0, 0.05) is 6.42 Å². The first-order chi connectivity index (χ1) is 8.70. The van der Waals surface area contributed by atoms with Crippen LogP contribution in [0.5, 0.6) is 11.5 Å². The molecule has 2 rings (SSSR count). The van der Waals surface area contributed by atoms with Gasteiger partial charge in [-0.3, -0.25) is 0 Å². The topological polar surface area (TPSA) is 35.5 Å². The van der Waals surface area contributed by atoms with Gasteiger partial charge in [0.15, 0.2) is 11.5 Å². The van der Waals surface area contributed by atoms with E-state index in [2.05, 4.69) is 19.1 Å². The summed E-state index contributed by atoms with van der Waals surface area (Å²) in [7, 11) is 0. The minimum atomic E-state index is 0.256. The monoisotopic (exact) mass is 248 g/mol. The first-order valence-electron chi connectivity index (χ1n) is 6.59. The number of rotatable bonds is 5. The molecule has 0 N–H and O–H groups in total. The number of carbonyl (C=O) groups is 1. The second-order valence-electron chi connectivity index (χ2n) is 4.75. The van der Waals surface area contributed by atoms with Crippen LogP contribution in [0.15, 0.2) is 18.2 Å². The number of benzene rings is 1. The van der Waals surface area contributed by atoms with Gasteiger partial charge in [0.25, 0.3) is 0 Å². The van der Waals surface area contributed by atoms with Crippen LogP contribution < -0.4 is 9.47 Å². The van der Waals surface area contributed by atoms with Crippen LogP contribution in [-0.4, -0.2) is 19.0 Å². The fraction of sp³-hybridized carbons (Fsp3) is 0.533. The summed E-state index contributed by atoms with van der Waals surface area (Å²) in [6, 6.07) is 6.12. The van der Waals surface area contributed by atoms with Crippen molar-refractivity contribution in [2.45, 2.75) is 39.0 Å². The van der Waals surface area contributed by atoms with Crippen molar-refractivity contribution in [2.75, 3.05) is 13.2 Å². The predicted molar refractivity (Wildman–Crippen MR) is 70.4 cm³/mol. The van der Waals surface area contributed by atoms with E-state index in [1.165, 1.54) is 5.56 Å².